The Morgan fingerprint density at radius 3 is 2.14 bits per heavy atom. The summed E-state index contributed by atoms with van der Waals surface area (Å²) >= 11 is 0. The summed E-state index contributed by atoms with van der Waals surface area (Å²) in [5, 5.41) is 2.88. The van der Waals surface area contributed by atoms with Crippen LogP contribution in [0.2, 0.25) is 0 Å². The minimum atomic E-state index is -0.675. The molecule has 0 aromatic heterocycles. The highest BCUT2D eigenvalue weighted by Crippen LogP contribution is 2.19. The van der Waals surface area contributed by atoms with Gasteiger partial charge in [0.2, 0.25) is 5.91 Å². The van der Waals surface area contributed by atoms with Gasteiger partial charge < -0.3 is 19.7 Å². The SMILES string of the molecule is C=CC[C@H](C(=O)N(CC=C)CC(=O)OCC)[C@H](Cc1ccccc1)NC(=O)OCc1ccccc1. The van der Waals surface area contributed by atoms with Crippen LogP contribution in [0.5, 0.6) is 0 Å². The number of nitrogens with one attached hydrogen (secondary N) is 1. The third-order valence-electron chi connectivity index (χ3n) is 5.32. The van der Waals surface area contributed by atoms with E-state index < -0.39 is 24.0 Å². The maximum atomic E-state index is 13.6. The molecule has 0 aliphatic heterocycles. The van der Waals surface area contributed by atoms with Crippen molar-refractivity contribution in [2.45, 2.75) is 32.4 Å². The lowest BCUT2D eigenvalue weighted by Crippen LogP contribution is -2.50. The molecule has 2 rings (SSSR count). The van der Waals surface area contributed by atoms with Gasteiger partial charge in [0.15, 0.2) is 0 Å². The molecule has 0 aliphatic carbocycles. The molecule has 0 bridgehead atoms. The summed E-state index contributed by atoms with van der Waals surface area (Å²) in [4.78, 5) is 39.8. The average Bonchev–Trinajstić information content (AvgIpc) is 2.86. The van der Waals surface area contributed by atoms with Gasteiger partial charge in [-0.25, -0.2) is 4.79 Å². The zero-order valence-electron chi connectivity index (χ0n) is 20.2. The van der Waals surface area contributed by atoms with E-state index in [2.05, 4.69) is 18.5 Å². The second-order valence-electron chi connectivity index (χ2n) is 7.95. The Kier molecular flexibility index (Phi) is 11.8. The van der Waals surface area contributed by atoms with E-state index in [1.807, 2.05) is 60.7 Å². The van der Waals surface area contributed by atoms with E-state index >= 15 is 0 Å². The minimum Gasteiger partial charge on any atom is -0.465 e. The molecule has 2 atom stereocenters. The van der Waals surface area contributed by atoms with Crippen molar-refractivity contribution in [2.75, 3.05) is 19.7 Å². The summed E-state index contributed by atoms with van der Waals surface area (Å²) in [6, 6.07) is 18.3. The van der Waals surface area contributed by atoms with Crippen LogP contribution in [0.15, 0.2) is 86.0 Å². The van der Waals surface area contributed by atoms with Crippen molar-refractivity contribution in [1.82, 2.24) is 10.2 Å². The van der Waals surface area contributed by atoms with Gasteiger partial charge in [0, 0.05) is 12.6 Å². The van der Waals surface area contributed by atoms with Crippen molar-refractivity contribution in [3.8, 4) is 0 Å². The van der Waals surface area contributed by atoms with Crippen molar-refractivity contribution in [1.29, 1.82) is 0 Å². The number of hydrogen-bond donors (Lipinski definition) is 1. The van der Waals surface area contributed by atoms with Gasteiger partial charge in [-0.05, 0) is 30.9 Å². The first-order chi connectivity index (χ1) is 17.0. The Morgan fingerprint density at radius 1 is 0.943 bits per heavy atom. The van der Waals surface area contributed by atoms with Crippen LogP contribution >= 0.6 is 0 Å². The van der Waals surface area contributed by atoms with Crippen molar-refractivity contribution < 1.29 is 23.9 Å². The molecule has 0 fully saturated rings. The smallest absolute Gasteiger partial charge is 0.407 e. The Balaban J connectivity index is 2.24. The summed E-state index contributed by atoms with van der Waals surface area (Å²) in [7, 11) is 0. The van der Waals surface area contributed by atoms with Crippen LogP contribution in [-0.2, 0) is 32.1 Å². The molecular formula is C28H34N2O5. The lowest BCUT2D eigenvalue weighted by Gasteiger charge is -2.31. The summed E-state index contributed by atoms with van der Waals surface area (Å²) < 4.78 is 10.4. The third-order valence-corrected chi connectivity index (χ3v) is 5.32. The number of amides is 2. The summed E-state index contributed by atoms with van der Waals surface area (Å²) in [5.74, 6) is -1.48. The first kappa shape index (κ1) is 27.4. The van der Waals surface area contributed by atoms with Crippen LogP contribution in [0.1, 0.15) is 24.5 Å². The van der Waals surface area contributed by atoms with E-state index in [0.29, 0.717) is 12.8 Å². The maximum Gasteiger partial charge on any atom is 0.407 e. The molecule has 2 amide bonds. The number of carbonyl (C=O) groups is 3. The molecule has 7 nitrogen and oxygen atoms in total. The van der Waals surface area contributed by atoms with Gasteiger partial charge in [-0.15, -0.1) is 13.2 Å². The molecule has 7 heteroatoms. The number of carbonyl (C=O) groups excluding carboxylic acids is 3. The monoisotopic (exact) mass is 478 g/mol. The standard InChI is InChI=1S/C28H34N2O5/c1-4-13-24(27(32)30(18-5-2)20-26(31)34-6-3)25(19-22-14-9-7-10-15-22)29-28(33)35-21-23-16-11-8-12-17-23/h4-5,7-12,14-17,24-25H,1-2,6,13,18-21H2,3H3,(H,29,33)/t24-,25-/m0/s1. The number of benzene rings is 2. The van der Waals surface area contributed by atoms with E-state index in [9.17, 15) is 14.4 Å². The lowest BCUT2D eigenvalue weighted by molar-refractivity contribution is -0.150. The summed E-state index contributed by atoms with van der Waals surface area (Å²) in [6.45, 7) is 9.49. The highest BCUT2D eigenvalue weighted by molar-refractivity contribution is 5.85. The molecule has 0 heterocycles. The number of nitrogens with zero attached hydrogens (tertiary/aromatic N) is 1. The predicted molar refractivity (Wildman–Crippen MR) is 135 cm³/mol. The Hall–Kier alpha value is -3.87. The molecule has 0 saturated heterocycles. The molecular weight excluding hydrogens is 444 g/mol. The van der Waals surface area contributed by atoms with E-state index in [4.69, 9.17) is 9.47 Å². The molecule has 0 saturated carbocycles. The zero-order valence-corrected chi connectivity index (χ0v) is 20.2. The molecule has 0 unspecified atom stereocenters. The molecule has 1 N–H and O–H groups in total. The van der Waals surface area contributed by atoms with Crippen molar-refractivity contribution in [2.24, 2.45) is 5.92 Å². The number of esters is 1. The Bertz CT molecular complexity index is 962. The third kappa shape index (κ3) is 9.49. The minimum absolute atomic E-state index is 0.107. The fraction of sp³-hybridized carbons (Fsp3) is 0.321. The van der Waals surface area contributed by atoms with Gasteiger partial charge in [0.05, 0.1) is 12.5 Å². The van der Waals surface area contributed by atoms with E-state index in [0.717, 1.165) is 11.1 Å². The van der Waals surface area contributed by atoms with Gasteiger partial charge in [-0.3, -0.25) is 9.59 Å². The quantitative estimate of drug-likeness (QED) is 0.323. The number of alkyl carbamates (subject to hydrolysis) is 1. The highest BCUT2D eigenvalue weighted by atomic mass is 16.5. The Morgan fingerprint density at radius 2 is 1.57 bits per heavy atom. The van der Waals surface area contributed by atoms with E-state index in [1.54, 1.807) is 19.1 Å². The van der Waals surface area contributed by atoms with Gasteiger partial charge in [0.1, 0.15) is 13.2 Å². The topological polar surface area (TPSA) is 84.9 Å². The van der Waals surface area contributed by atoms with Crippen LogP contribution in [0, 0.1) is 5.92 Å². The number of allylic oxidation sites excluding steroid dienone is 1. The van der Waals surface area contributed by atoms with E-state index in [1.165, 1.54) is 4.90 Å². The lowest BCUT2D eigenvalue weighted by atomic mass is 9.89. The predicted octanol–water partition coefficient (Wildman–Crippen LogP) is 4.29. The summed E-state index contributed by atoms with van der Waals surface area (Å²) in [6.07, 6.45) is 3.25. The molecule has 186 valence electrons. The molecule has 0 spiro atoms. The number of rotatable bonds is 14. The maximum absolute atomic E-state index is 13.6. The van der Waals surface area contributed by atoms with Gasteiger partial charge in [-0.2, -0.15) is 0 Å². The van der Waals surface area contributed by atoms with Crippen LogP contribution in [0.25, 0.3) is 0 Å². The highest BCUT2D eigenvalue weighted by Gasteiger charge is 2.33. The van der Waals surface area contributed by atoms with Crippen LogP contribution in [0.4, 0.5) is 4.79 Å². The first-order valence-electron chi connectivity index (χ1n) is 11.7. The number of ether oxygens (including phenoxy) is 2. The zero-order chi connectivity index (χ0) is 25.5. The molecule has 0 radical (unpaired) electrons. The Labute approximate surface area is 207 Å². The van der Waals surface area contributed by atoms with Crippen LogP contribution in [-0.4, -0.2) is 48.6 Å². The fourth-order valence-electron chi connectivity index (χ4n) is 3.68. The van der Waals surface area contributed by atoms with E-state index in [-0.39, 0.29) is 32.2 Å². The second kappa shape index (κ2) is 15.1. The van der Waals surface area contributed by atoms with Gasteiger partial charge in [-0.1, -0.05) is 72.8 Å². The average molecular weight is 479 g/mol. The van der Waals surface area contributed by atoms with Gasteiger partial charge in [0.25, 0.3) is 0 Å². The van der Waals surface area contributed by atoms with Crippen molar-refractivity contribution in [3.05, 3.63) is 97.1 Å². The number of hydrogen-bond acceptors (Lipinski definition) is 5. The van der Waals surface area contributed by atoms with Crippen molar-refractivity contribution in [3.63, 3.8) is 0 Å². The van der Waals surface area contributed by atoms with Gasteiger partial charge >= 0.3 is 12.1 Å². The van der Waals surface area contributed by atoms with Crippen LogP contribution in [0.3, 0.4) is 0 Å². The first-order valence-corrected chi connectivity index (χ1v) is 11.7. The molecule has 2 aromatic carbocycles. The molecule has 0 aliphatic rings. The second-order valence-corrected chi connectivity index (χ2v) is 7.95. The van der Waals surface area contributed by atoms with Crippen LogP contribution < -0.4 is 5.32 Å². The van der Waals surface area contributed by atoms with Crippen molar-refractivity contribution >= 4 is 18.0 Å². The molecule has 2 aromatic rings. The summed E-state index contributed by atoms with van der Waals surface area (Å²) in [5.41, 5.74) is 1.80. The fourth-order valence-corrected chi connectivity index (χ4v) is 3.68. The largest absolute Gasteiger partial charge is 0.465 e. The molecule has 35 heavy (non-hydrogen) atoms. The normalized spacial score (nSPS) is 12.0.